The Bertz CT molecular complexity index is 437. The molecule has 0 aliphatic rings. The van der Waals surface area contributed by atoms with Gasteiger partial charge in [-0.2, -0.15) is 0 Å². The van der Waals surface area contributed by atoms with E-state index in [2.05, 4.69) is 24.0 Å². The smallest absolute Gasteiger partial charge is 0.0567 e. The molecular formula is C13H14N2. The molecule has 2 heteroatoms. The van der Waals surface area contributed by atoms with Gasteiger partial charge >= 0.3 is 0 Å². The zero-order valence-corrected chi connectivity index (χ0v) is 8.72. The van der Waals surface area contributed by atoms with Gasteiger partial charge in [-0.25, -0.2) is 0 Å². The number of rotatable bonds is 2. The fourth-order valence-corrected chi connectivity index (χ4v) is 1.62. The Morgan fingerprint density at radius 1 is 1.13 bits per heavy atom. The van der Waals surface area contributed by atoms with E-state index >= 15 is 0 Å². The van der Waals surface area contributed by atoms with E-state index in [1.807, 2.05) is 30.5 Å². The van der Waals surface area contributed by atoms with Gasteiger partial charge < -0.3 is 5.73 Å². The zero-order valence-electron chi connectivity index (χ0n) is 8.72. The van der Waals surface area contributed by atoms with Crippen molar-refractivity contribution in [3.63, 3.8) is 0 Å². The van der Waals surface area contributed by atoms with E-state index < -0.39 is 0 Å². The first-order valence-electron chi connectivity index (χ1n) is 4.99. The normalized spacial score (nSPS) is 12.4. The molecule has 1 heterocycles. The van der Waals surface area contributed by atoms with Crippen LogP contribution in [0.15, 0.2) is 48.8 Å². The van der Waals surface area contributed by atoms with Gasteiger partial charge in [-0.1, -0.05) is 35.9 Å². The van der Waals surface area contributed by atoms with Crippen LogP contribution in [0.5, 0.6) is 0 Å². The summed E-state index contributed by atoms with van der Waals surface area (Å²) in [7, 11) is 0. The molecule has 1 unspecified atom stereocenters. The summed E-state index contributed by atoms with van der Waals surface area (Å²) in [4.78, 5) is 4.07. The molecule has 76 valence electrons. The van der Waals surface area contributed by atoms with Crippen LogP contribution in [0.2, 0.25) is 0 Å². The Hall–Kier alpha value is -1.67. The summed E-state index contributed by atoms with van der Waals surface area (Å²) in [5, 5.41) is 0. The van der Waals surface area contributed by atoms with Gasteiger partial charge in [-0.3, -0.25) is 4.98 Å². The lowest BCUT2D eigenvalue weighted by Crippen LogP contribution is -2.11. The molecule has 0 saturated heterocycles. The van der Waals surface area contributed by atoms with Crippen LogP contribution in [0.3, 0.4) is 0 Å². The van der Waals surface area contributed by atoms with E-state index in [1.165, 1.54) is 5.56 Å². The zero-order chi connectivity index (χ0) is 10.7. The van der Waals surface area contributed by atoms with Crippen molar-refractivity contribution >= 4 is 0 Å². The molecule has 1 aromatic heterocycles. The van der Waals surface area contributed by atoms with Gasteiger partial charge in [0, 0.05) is 12.4 Å². The number of benzene rings is 1. The average Bonchev–Trinajstić information content (AvgIpc) is 2.29. The quantitative estimate of drug-likeness (QED) is 0.805. The van der Waals surface area contributed by atoms with E-state index in [4.69, 9.17) is 5.73 Å². The van der Waals surface area contributed by atoms with Crippen molar-refractivity contribution in [1.82, 2.24) is 4.98 Å². The van der Waals surface area contributed by atoms with Crippen molar-refractivity contribution in [3.8, 4) is 0 Å². The van der Waals surface area contributed by atoms with Gasteiger partial charge in [0.05, 0.1) is 6.04 Å². The third-order valence-electron chi connectivity index (χ3n) is 2.44. The summed E-state index contributed by atoms with van der Waals surface area (Å²) in [6, 6.07) is 12.1. The first-order valence-corrected chi connectivity index (χ1v) is 4.99. The highest BCUT2D eigenvalue weighted by atomic mass is 14.7. The van der Waals surface area contributed by atoms with E-state index in [0.717, 1.165) is 11.1 Å². The monoisotopic (exact) mass is 198 g/mol. The number of hydrogen-bond acceptors (Lipinski definition) is 2. The van der Waals surface area contributed by atoms with E-state index in [9.17, 15) is 0 Å². The molecule has 0 saturated carbocycles. The molecule has 2 N–H and O–H groups in total. The van der Waals surface area contributed by atoms with Crippen LogP contribution in [0.25, 0.3) is 0 Å². The summed E-state index contributed by atoms with van der Waals surface area (Å²) in [6.07, 6.45) is 3.57. The number of nitrogens with zero attached hydrogens (tertiary/aromatic N) is 1. The molecule has 0 spiro atoms. The number of aryl methyl sites for hydroxylation is 1. The van der Waals surface area contributed by atoms with Crippen LogP contribution in [0.1, 0.15) is 22.7 Å². The minimum atomic E-state index is -0.0846. The summed E-state index contributed by atoms with van der Waals surface area (Å²) in [5.41, 5.74) is 9.55. The molecular weight excluding hydrogens is 184 g/mol. The second-order valence-corrected chi connectivity index (χ2v) is 3.68. The Morgan fingerprint density at radius 2 is 1.93 bits per heavy atom. The Morgan fingerprint density at radius 3 is 2.60 bits per heavy atom. The van der Waals surface area contributed by atoms with Gasteiger partial charge in [-0.15, -0.1) is 0 Å². The van der Waals surface area contributed by atoms with Gasteiger partial charge in [0.2, 0.25) is 0 Å². The molecule has 0 aliphatic carbocycles. The Labute approximate surface area is 89.8 Å². The van der Waals surface area contributed by atoms with Gasteiger partial charge in [0.15, 0.2) is 0 Å². The lowest BCUT2D eigenvalue weighted by molar-refractivity contribution is 0.861. The number of pyridine rings is 1. The molecule has 0 fully saturated rings. The Kier molecular flexibility index (Phi) is 2.79. The molecule has 2 aromatic rings. The number of hydrogen-bond donors (Lipinski definition) is 1. The largest absolute Gasteiger partial charge is 0.320 e. The molecule has 2 rings (SSSR count). The first kappa shape index (κ1) is 9.87. The van der Waals surface area contributed by atoms with Crippen molar-refractivity contribution < 1.29 is 0 Å². The fourth-order valence-electron chi connectivity index (χ4n) is 1.62. The SMILES string of the molecule is Cc1cccc(C(N)c2cccnc2)c1. The highest BCUT2D eigenvalue weighted by Gasteiger charge is 2.07. The highest BCUT2D eigenvalue weighted by Crippen LogP contribution is 2.18. The van der Waals surface area contributed by atoms with E-state index in [-0.39, 0.29) is 6.04 Å². The molecule has 0 bridgehead atoms. The molecule has 0 aliphatic heterocycles. The van der Waals surface area contributed by atoms with Crippen LogP contribution in [0.4, 0.5) is 0 Å². The lowest BCUT2D eigenvalue weighted by atomic mass is 10.00. The van der Waals surface area contributed by atoms with Crippen molar-refractivity contribution in [2.75, 3.05) is 0 Å². The van der Waals surface area contributed by atoms with Gasteiger partial charge in [0.25, 0.3) is 0 Å². The number of nitrogens with two attached hydrogens (primary N) is 1. The van der Waals surface area contributed by atoms with Crippen molar-refractivity contribution in [3.05, 3.63) is 65.5 Å². The molecule has 1 atom stereocenters. The maximum atomic E-state index is 6.15. The van der Waals surface area contributed by atoms with Gasteiger partial charge in [0.1, 0.15) is 0 Å². The third-order valence-corrected chi connectivity index (χ3v) is 2.44. The van der Waals surface area contributed by atoms with E-state index in [1.54, 1.807) is 6.20 Å². The molecule has 0 amide bonds. The minimum Gasteiger partial charge on any atom is -0.320 e. The number of aromatic nitrogens is 1. The topological polar surface area (TPSA) is 38.9 Å². The predicted molar refractivity (Wildman–Crippen MR) is 61.4 cm³/mol. The standard InChI is InChI=1S/C13H14N2/c1-10-4-2-5-11(8-10)13(14)12-6-3-7-15-9-12/h2-9,13H,14H2,1H3. The average molecular weight is 198 g/mol. The van der Waals surface area contributed by atoms with Crippen molar-refractivity contribution in [2.24, 2.45) is 5.73 Å². The lowest BCUT2D eigenvalue weighted by Gasteiger charge is -2.12. The first-order chi connectivity index (χ1) is 7.27. The molecule has 2 nitrogen and oxygen atoms in total. The second kappa shape index (κ2) is 4.24. The maximum absolute atomic E-state index is 6.15. The van der Waals surface area contributed by atoms with Crippen molar-refractivity contribution in [2.45, 2.75) is 13.0 Å². The van der Waals surface area contributed by atoms with Crippen LogP contribution in [0, 0.1) is 6.92 Å². The molecule has 0 radical (unpaired) electrons. The van der Waals surface area contributed by atoms with Crippen LogP contribution in [-0.4, -0.2) is 4.98 Å². The van der Waals surface area contributed by atoms with Gasteiger partial charge in [-0.05, 0) is 24.1 Å². The Balaban J connectivity index is 2.32. The summed E-state index contributed by atoms with van der Waals surface area (Å²) in [6.45, 7) is 2.07. The summed E-state index contributed by atoms with van der Waals surface area (Å²) >= 11 is 0. The van der Waals surface area contributed by atoms with Crippen molar-refractivity contribution in [1.29, 1.82) is 0 Å². The molecule has 15 heavy (non-hydrogen) atoms. The highest BCUT2D eigenvalue weighted by molar-refractivity contribution is 5.32. The maximum Gasteiger partial charge on any atom is 0.0567 e. The second-order valence-electron chi connectivity index (χ2n) is 3.68. The van der Waals surface area contributed by atoms with Crippen LogP contribution in [-0.2, 0) is 0 Å². The summed E-state index contributed by atoms with van der Waals surface area (Å²) in [5.74, 6) is 0. The van der Waals surface area contributed by atoms with Crippen LogP contribution < -0.4 is 5.73 Å². The fraction of sp³-hybridized carbons (Fsp3) is 0.154. The van der Waals surface area contributed by atoms with E-state index in [0.29, 0.717) is 0 Å². The third kappa shape index (κ3) is 2.22. The molecule has 1 aromatic carbocycles. The summed E-state index contributed by atoms with van der Waals surface area (Å²) < 4.78 is 0. The minimum absolute atomic E-state index is 0.0846. The van der Waals surface area contributed by atoms with Crippen LogP contribution >= 0.6 is 0 Å². The predicted octanol–water partition coefficient (Wildman–Crippen LogP) is 2.44.